The Morgan fingerprint density at radius 2 is 1.97 bits per heavy atom. The van der Waals surface area contributed by atoms with Crippen LogP contribution in [0.4, 0.5) is 10.8 Å². The zero-order chi connectivity index (χ0) is 26.9. The summed E-state index contributed by atoms with van der Waals surface area (Å²) in [6.45, 7) is 7.74. The van der Waals surface area contributed by atoms with Gasteiger partial charge >= 0.3 is 0 Å². The van der Waals surface area contributed by atoms with Gasteiger partial charge in [-0.2, -0.15) is 0 Å². The highest BCUT2D eigenvalue weighted by atomic mass is 32.1. The van der Waals surface area contributed by atoms with Crippen molar-refractivity contribution < 1.29 is 19.4 Å². The van der Waals surface area contributed by atoms with E-state index in [2.05, 4.69) is 46.5 Å². The maximum atomic E-state index is 12.7. The minimum absolute atomic E-state index is 0.0409. The van der Waals surface area contributed by atoms with Crippen molar-refractivity contribution in [1.29, 1.82) is 0 Å². The number of benzene rings is 2. The van der Waals surface area contributed by atoms with Crippen molar-refractivity contribution in [1.82, 2.24) is 10.3 Å². The summed E-state index contributed by atoms with van der Waals surface area (Å²) in [6.07, 6.45) is 2.10. The second kappa shape index (κ2) is 10.8. The first kappa shape index (κ1) is 26.3. The number of thiazole rings is 1. The molecule has 1 saturated heterocycles. The third kappa shape index (κ3) is 5.60. The summed E-state index contributed by atoms with van der Waals surface area (Å²) in [5.74, 6) is -0.663. The Labute approximate surface area is 227 Å². The van der Waals surface area contributed by atoms with Gasteiger partial charge in [0.25, 0.3) is 5.91 Å². The molecular formula is C29H34N4O4S. The lowest BCUT2D eigenvalue weighted by atomic mass is 9.84. The molecule has 1 unspecified atom stereocenters. The van der Waals surface area contributed by atoms with Crippen molar-refractivity contribution in [2.75, 3.05) is 36.5 Å². The van der Waals surface area contributed by atoms with Gasteiger partial charge in [-0.15, -0.1) is 11.3 Å². The Morgan fingerprint density at radius 3 is 2.74 bits per heavy atom. The van der Waals surface area contributed by atoms with E-state index in [0.717, 1.165) is 54.0 Å². The molecule has 2 aliphatic rings. The van der Waals surface area contributed by atoms with E-state index < -0.39 is 0 Å². The van der Waals surface area contributed by atoms with Crippen LogP contribution >= 0.6 is 11.3 Å². The van der Waals surface area contributed by atoms with E-state index >= 15 is 0 Å². The van der Waals surface area contributed by atoms with Crippen LogP contribution in [0.3, 0.4) is 0 Å². The number of aliphatic hydroxyl groups excluding tert-OH is 1. The number of carbonyl (C=O) groups is 2. The van der Waals surface area contributed by atoms with Gasteiger partial charge < -0.3 is 25.4 Å². The monoisotopic (exact) mass is 534 g/mol. The minimum Gasteiger partial charge on any atom is -0.395 e. The summed E-state index contributed by atoms with van der Waals surface area (Å²) < 4.78 is 5.86. The molecule has 1 aliphatic carbocycles. The Balaban J connectivity index is 1.18. The van der Waals surface area contributed by atoms with Crippen LogP contribution in [0, 0.1) is 0 Å². The van der Waals surface area contributed by atoms with E-state index in [1.54, 1.807) is 6.07 Å². The van der Waals surface area contributed by atoms with E-state index in [-0.39, 0.29) is 42.6 Å². The first-order valence-corrected chi connectivity index (χ1v) is 13.9. The van der Waals surface area contributed by atoms with Crippen LogP contribution in [0.2, 0.25) is 0 Å². The number of anilines is 2. The van der Waals surface area contributed by atoms with Crippen LogP contribution in [0.1, 0.15) is 48.7 Å². The number of nitrogens with zero attached hydrogens (tertiary/aromatic N) is 2. The third-order valence-corrected chi connectivity index (χ3v) is 8.16. The zero-order valence-electron chi connectivity index (χ0n) is 22.0. The second-order valence-electron chi connectivity index (χ2n) is 10.6. The van der Waals surface area contributed by atoms with Gasteiger partial charge in [-0.3, -0.25) is 9.59 Å². The summed E-state index contributed by atoms with van der Waals surface area (Å²) in [7, 11) is 0. The molecule has 9 heteroatoms. The van der Waals surface area contributed by atoms with E-state index in [1.807, 2.05) is 36.6 Å². The maximum Gasteiger partial charge on any atom is 0.251 e. The summed E-state index contributed by atoms with van der Waals surface area (Å²) in [5, 5.41) is 17.7. The van der Waals surface area contributed by atoms with Crippen molar-refractivity contribution >= 4 is 34.0 Å². The fraction of sp³-hybridized carbons (Fsp3) is 0.414. The van der Waals surface area contributed by atoms with Gasteiger partial charge in [-0.1, -0.05) is 25.1 Å². The molecule has 5 rings (SSSR count). The van der Waals surface area contributed by atoms with Crippen molar-refractivity contribution in [3.63, 3.8) is 0 Å². The Morgan fingerprint density at radius 1 is 1.18 bits per heavy atom. The Kier molecular flexibility index (Phi) is 7.52. The standard InChI is InChI=1S/C29H34N4O4S/c1-18-14-33(15-19(2)37-18)23-6-4-5-21(11-23)25-16-38-28(31-25)32-26(35)13-30-27(36)22-8-7-20-9-10-29(3,17-34)24(20)12-22/h4-8,11-12,16,18-19,34H,9-10,13-15,17H2,1-3H3,(H,30,36)(H,31,32,35)/t18-,19+,29?. The van der Waals surface area contributed by atoms with E-state index in [0.29, 0.717) is 10.7 Å². The summed E-state index contributed by atoms with van der Waals surface area (Å²) >= 11 is 1.35. The molecule has 2 heterocycles. The largest absolute Gasteiger partial charge is 0.395 e. The molecule has 0 spiro atoms. The smallest absolute Gasteiger partial charge is 0.251 e. The number of aromatic nitrogens is 1. The van der Waals surface area contributed by atoms with Crippen molar-refractivity contribution in [2.45, 2.75) is 51.2 Å². The van der Waals surface area contributed by atoms with Crippen molar-refractivity contribution in [3.8, 4) is 11.3 Å². The van der Waals surface area contributed by atoms with Crippen molar-refractivity contribution in [3.05, 3.63) is 64.5 Å². The molecule has 1 aliphatic heterocycles. The molecule has 8 nitrogen and oxygen atoms in total. The van der Waals surface area contributed by atoms with Crippen LogP contribution in [0.25, 0.3) is 11.3 Å². The molecule has 38 heavy (non-hydrogen) atoms. The number of hydrogen-bond acceptors (Lipinski definition) is 7. The number of nitrogens with one attached hydrogen (secondary N) is 2. The number of aryl methyl sites for hydroxylation is 1. The first-order valence-electron chi connectivity index (χ1n) is 13.0. The summed E-state index contributed by atoms with van der Waals surface area (Å²) in [5.41, 5.74) is 5.21. The average Bonchev–Trinajstić information content (AvgIpc) is 3.51. The van der Waals surface area contributed by atoms with E-state index in [1.165, 1.54) is 11.3 Å². The summed E-state index contributed by atoms with van der Waals surface area (Å²) in [6, 6.07) is 13.8. The van der Waals surface area contributed by atoms with E-state index in [4.69, 9.17) is 4.74 Å². The highest BCUT2D eigenvalue weighted by Crippen LogP contribution is 2.38. The average molecular weight is 535 g/mol. The van der Waals surface area contributed by atoms with Crippen LogP contribution in [0.5, 0.6) is 0 Å². The number of ether oxygens (including phenoxy) is 1. The van der Waals surface area contributed by atoms with Crippen LogP contribution in [0.15, 0.2) is 47.8 Å². The number of amides is 2. The lowest BCUT2D eigenvalue weighted by Crippen LogP contribution is -2.45. The van der Waals surface area contributed by atoms with Crippen molar-refractivity contribution in [2.24, 2.45) is 0 Å². The quantitative estimate of drug-likeness (QED) is 0.424. The van der Waals surface area contributed by atoms with Gasteiger partial charge in [-0.25, -0.2) is 4.98 Å². The number of carbonyl (C=O) groups excluding carboxylic acids is 2. The molecule has 3 N–H and O–H groups in total. The second-order valence-corrected chi connectivity index (χ2v) is 11.4. The first-order chi connectivity index (χ1) is 18.2. The Bertz CT molecular complexity index is 1330. The highest BCUT2D eigenvalue weighted by molar-refractivity contribution is 7.14. The van der Waals surface area contributed by atoms with Gasteiger partial charge in [0.2, 0.25) is 5.91 Å². The molecule has 1 fully saturated rings. The molecule has 3 atom stereocenters. The lowest BCUT2D eigenvalue weighted by Gasteiger charge is -2.37. The van der Waals surface area contributed by atoms with Crippen LogP contribution in [-0.2, 0) is 21.4 Å². The van der Waals surface area contributed by atoms with Crippen LogP contribution < -0.4 is 15.5 Å². The normalized spacial score (nSPS) is 22.7. The van der Waals surface area contributed by atoms with E-state index in [9.17, 15) is 14.7 Å². The topological polar surface area (TPSA) is 104 Å². The van der Waals surface area contributed by atoms with Gasteiger partial charge in [0.05, 0.1) is 31.1 Å². The number of fused-ring (bicyclic) bond motifs is 1. The molecule has 2 aromatic carbocycles. The predicted molar refractivity (Wildman–Crippen MR) is 150 cm³/mol. The minimum atomic E-state index is -0.342. The molecule has 200 valence electrons. The van der Waals surface area contributed by atoms with Crippen LogP contribution in [-0.4, -0.2) is 60.4 Å². The molecule has 0 radical (unpaired) electrons. The molecule has 1 aromatic heterocycles. The highest BCUT2D eigenvalue weighted by Gasteiger charge is 2.34. The summed E-state index contributed by atoms with van der Waals surface area (Å²) in [4.78, 5) is 32.2. The Hall–Kier alpha value is -3.27. The number of rotatable bonds is 7. The van der Waals surface area contributed by atoms with Gasteiger partial charge in [0.1, 0.15) is 0 Å². The van der Waals surface area contributed by atoms with Gasteiger partial charge in [-0.05, 0) is 62.1 Å². The lowest BCUT2D eigenvalue weighted by molar-refractivity contribution is -0.115. The number of aliphatic hydroxyl groups is 1. The third-order valence-electron chi connectivity index (χ3n) is 7.40. The number of hydrogen-bond donors (Lipinski definition) is 3. The molecule has 2 amide bonds. The number of morpholine rings is 1. The van der Waals surface area contributed by atoms with Gasteiger partial charge in [0.15, 0.2) is 5.13 Å². The molecule has 3 aromatic rings. The molecular weight excluding hydrogens is 500 g/mol. The fourth-order valence-corrected chi connectivity index (χ4v) is 6.08. The van der Waals surface area contributed by atoms with Gasteiger partial charge in [0, 0.05) is 40.7 Å². The molecule has 0 bridgehead atoms. The molecule has 0 saturated carbocycles. The zero-order valence-corrected chi connectivity index (χ0v) is 22.8. The maximum absolute atomic E-state index is 12.7. The predicted octanol–water partition coefficient (Wildman–Crippen LogP) is 3.99. The fourth-order valence-electron chi connectivity index (χ4n) is 5.35. The SMILES string of the molecule is C[C@@H]1CN(c2cccc(-c3csc(NC(=O)CNC(=O)c4ccc5c(c4)C(C)(CO)CC5)n3)c2)C[C@H](C)O1.